The average molecular weight is 311 g/mol. The van der Waals surface area contributed by atoms with Crippen LogP contribution in [0, 0.1) is 23.0 Å². The number of nitro groups is 1. The van der Waals surface area contributed by atoms with Crippen molar-refractivity contribution in [2.24, 2.45) is 5.92 Å². The molecule has 1 aliphatic rings. The zero-order valence-corrected chi connectivity index (χ0v) is 11.7. The summed E-state index contributed by atoms with van der Waals surface area (Å²) in [5.74, 6) is -2.74. The summed E-state index contributed by atoms with van der Waals surface area (Å²) in [5.41, 5.74) is -1.26. The number of aliphatic carboxylic acids is 1. The Bertz CT molecular complexity index is 643. The van der Waals surface area contributed by atoms with E-state index in [1.54, 1.807) is 0 Å². The molecule has 1 aromatic heterocycles. The molecule has 1 heterocycles. The lowest BCUT2D eigenvalue weighted by molar-refractivity contribution is -0.389. The van der Waals surface area contributed by atoms with Crippen molar-refractivity contribution in [1.29, 1.82) is 0 Å². The Labute approximate surface area is 124 Å². The average Bonchev–Trinajstić information content (AvgIpc) is 2.41. The van der Waals surface area contributed by atoms with Crippen LogP contribution in [0.25, 0.3) is 0 Å². The highest BCUT2D eigenvalue weighted by Gasteiger charge is 2.48. The van der Waals surface area contributed by atoms with Crippen molar-refractivity contribution < 1.29 is 24.0 Å². The van der Waals surface area contributed by atoms with E-state index in [9.17, 15) is 24.1 Å². The van der Waals surface area contributed by atoms with Crippen molar-refractivity contribution in [3.8, 4) is 0 Å². The molecular weight excluding hydrogens is 297 g/mol. The number of aryl methyl sites for hydroxylation is 1. The summed E-state index contributed by atoms with van der Waals surface area (Å²) < 4.78 is 14.1. The quantitative estimate of drug-likeness (QED) is 0.623. The van der Waals surface area contributed by atoms with E-state index < -0.39 is 28.4 Å². The molecule has 0 aromatic carbocycles. The SMILES string of the molecule is Cc1cc([N+](=O)[O-])ncc1C(=O)NCC1(F)CC(C(=O)O)C1. The summed E-state index contributed by atoms with van der Waals surface area (Å²) in [7, 11) is 0. The number of rotatable bonds is 5. The lowest BCUT2D eigenvalue weighted by Gasteiger charge is -2.38. The van der Waals surface area contributed by atoms with Crippen LogP contribution in [-0.2, 0) is 4.79 Å². The first-order valence-corrected chi connectivity index (χ1v) is 6.53. The molecular formula is C13H14FN3O5. The number of amides is 1. The van der Waals surface area contributed by atoms with Gasteiger partial charge in [0, 0.05) is 6.07 Å². The number of halogens is 1. The van der Waals surface area contributed by atoms with Gasteiger partial charge in [0.15, 0.2) is 6.20 Å². The van der Waals surface area contributed by atoms with E-state index in [1.807, 2.05) is 0 Å². The predicted octanol–water partition coefficient (Wildman–Crippen LogP) is 1.23. The Morgan fingerprint density at radius 2 is 2.23 bits per heavy atom. The van der Waals surface area contributed by atoms with E-state index in [-0.39, 0.29) is 30.8 Å². The monoisotopic (exact) mass is 311 g/mol. The molecule has 0 unspecified atom stereocenters. The fraction of sp³-hybridized carbons (Fsp3) is 0.462. The molecule has 1 aromatic rings. The molecule has 0 aliphatic heterocycles. The molecule has 1 aliphatic carbocycles. The third-order valence-electron chi connectivity index (χ3n) is 3.67. The van der Waals surface area contributed by atoms with Crippen LogP contribution in [0.2, 0.25) is 0 Å². The maximum Gasteiger partial charge on any atom is 0.363 e. The zero-order chi connectivity index (χ0) is 16.5. The van der Waals surface area contributed by atoms with Crippen LogP contribution in [0.1, 0.15) is 28.8 Å². The maximum absolute atomic E-state index is 14.1. The van der Waals surface area contributed by atoms with Crippen molar-refractivity contribution in [3.63, 3.8) is 0 Å². The Morgan fingerprint density at radius 1 is 1.59 bits per heavy atom. The highest BCUT2D eigenvalue weighted by atomic mass is 19.1. The molecule has 0 bridgehead atoms. The number of nitrogens with zero attached hydrogens (tertiary/aromatic N) is 2. The molecule has 9 heteroatoms. The van der Waals surface area contributed by atoms with Crippen molar-refractivity contribution in [2.75, 3.05) is 6.54 Å². The van der Waals surface area contributed by atoms with Crippen molar-refractivity contribution >= 4 is 17.7 Å². The Kier molecular flexibility index (Phi) is 4.07. The van der Waals surface area contributed by atoms with Crippen LogP contribution in [0.4, 0.5) is 10.2 Å². The number of alkyl halides is 1. The van der Waals surface area contributed by atoms with Crippen molar-refractivity contribution in [3.05, 3.63) is 33.5 Å². The number of carbonyl (C=O) groups is 2. The second-order valence-electron chi connectivity index (χ2n) is 5.39. The number of hydrogen-bond donors (Lipinski definition) is 2. The molecule has 22 heavy (non-hydrogen) atoms. The lowest BCUT2D eigenvalue weighted by Crippen LogP contribution is -2.51. The standard InChI is InChI=1S/C13H14FN3O5/c1-7-2-10(17(21)22)15-5-9(7)11(18)16-6-13(14)3-8(4-13)12(19)20/h2,5,8H,3-4,6H2,1H3,(H,16,18)(H,19,20). The molecule has 2 rings (SSSR count). The van der Waals surface area contributed by atoms with Gasteiger partial charge in [-0.15, -0.1) is 0 Å². The number of carboxylic acid groups (broad SMARTS) is 1. The third-order valence-corrected chi connectivity index (χ3v) is 3.67. The fourth-order valence-corrected chi connectivity index (χ4v) is 2.35. The molecule has 2 N–H and O–H groups in total. The van der Waals surface area contributed by atoms with Gasteiger partial charge < -0.3 is 20.5 Å². The smallest absolute Gasteiger partial charge is 0.363 e. The van der Waals surface area contributed by atoms with Gasteiger partial charge in [0.1, 0.15) is 5.67 Å². The van der Waals surface area contributed by atoms with Gasteiger partial charge in [0.05, 0.1) is 18.0 Å². The van der Waals surface area contributed by atoms with E-state index in [1.165, 1.54) is 6.92 Å². The van der Waals surface area contributed by atoms with Gasteiger partial charge in [-0.1, -0.05) is 0 Å². The molecule has 1 fully saturated rings. The van der Waals surface area contributed by atoms with E-state index in [0.717, 1.165) is 12.3 Å². The summed E-state index contributed by atoms with van der Waals surface area (Å²) in [6, 6.07) is 1.16. The number of aromatic nitrogens is 1. The van der Waals surface area contributed by atoms with Crippen LogP contribution >= 0.6 is 0 Å². The van der Waals surface area contributed by atoms with Gasteiger partial charge in [-0.2, -0.15) is 0 Å². The van der Waals surface area contributed by atoms with E-state index in [4.69, 9.17) is 5.11 Å². The summed E-state index contributed by atoms with van der Waals surface area (Å²) in [4.78, 5) is 36.0. The van der Waals surface area contributed by atoms with Gasteiger partial charge in [-0.25, -0.2) is 4.39 Å². The Balaban J connectivity index is 1.96. The highest BCUT2D eigenvalue weighted by Crippen LogP contribution is 2.40. The van der Waals surface area contributed by atoms with Crippen molar-refractivity contribution in [2.45, 2.75) is 25.4 Å². The molecule has 0 spiro atoms. The highest BCUT2D eigenvalue weighted by molar-refractivity contribution is 5.95. The molecule has 1 amide bonds. The van der Waals surface area contributed by atoms with Crippen LogP contribution in [0.5, 0.6) is 0 Å². The molecule has 0 saturated heterocycles. The van der Waals surface area contributed by atoms with Gasteiger partial charge in [-0.05, 0) is 35.2 Å². The van der Waals surface area contributed by atoms with Crippen LogP contribution in [-0.4, -0.2) is 39.1 Å². The summed E-state index contributed by atoms with van der Waals surface area (Å²) in [6.45, 7) is 1.21. The van der Waals surface area contributed by atoms with E-state index in [0.29, 0.717) is 5.56 Å². The minimum Gasteiger partial charge on any atom is -0.481 e. The first-order valence-electron chi connectivity index (χ1n) is 6.53. The molecule has 0 radical (unpaired) electrons. The van der Waals surface area contributed by atoms with Gasteiger partial charge >= 0.3 is 11.8 Å². The largest absolute Gasteiger partial charge is 0.481 e. The second-order valence-corrected chi connectivity index (χ2v) is 5.39. The molecule has 8 nitrogen and oxygen atoms in total. The summed E-state index contributed by atoms with van der Waals surface area (Å²) >= 11 is 0. The molecule has 118 valence electrons. The fourth-order valence-electron chi connectivity index (χ4n) is 2.35. The second kappa shape index (κ2) is 5.66. The summed E-state index contributed by atoms with van der Waals surface area (Å²) in [5, 5.41) is 21.7. The number of pyridine rings is 1. The van der Waals surface area contributed by atoms with E-state index >= 15 is 0 Å². The molecule has 0 atom stereocenters. The minimum absolute atomic E-state index is 0.114. The Morgan fingerprint density at radius 3 is 2.73 bits per heavy atom. The van der Waals surface area contributed by atoms with Crippen LogP contribution < -0.4 is 5.32 Å². The molecule has 1 saturated carbocycles. The van der Waals surface area contributed by atoms with Crippen LogP contribution in [0.3, 0.4) is 0 Å². The Hall–Kier alpha value is -2.58. The first kappa shape index (κ1) is 15.8. The lowest BCUT2D eigenvalue weighted by atomic mass is 9.72. The first-order chi connectivity index (χ1) is 10.2. The van der Waals surface area contributed by atoms with Gasteiger partial charge in [-0.3, -0.25) is 9.59 Å². The van der Waals surface area contributed by atoms with Gasteiger partial charge in [0.2, 0.25) is 0 Å². The van der Waals surface area contributed by atoms with Crippen molar-refractivity contribution in [1.82, 2.24) is 10.3 Å². The van der Waals surface area contributed by atoms with E-state index in [2.05, 4.69) is 10.3 Å². The normalized spacial score (nSPS) is 23.5. The van der Waals surface area contributed by atoms with Crippen LogP contribution in [0.15, 0.2) is 12.3 Å². The predicted molar refractivity (Wildman–Crippen MR) is 72.2 cm³/mol. The summed E-state index contributed by atoms with van der Waals surface area (Å²) in [6.07, 6.45) is 0.786. The number of carboxylic acids is 1. The van der Waals surface area contributed by atoms with Gasteiger partial charge in [0.25, 0.3) is 5.91 Å². The maximum atomic E-state index is 14.1. The third kappa shape index (κ3) is 3.18. The number of carbonyl (C=O) groups excluding carboxylic acids is 1. The minimum atomic E-state index is -1.72. The topological polar surface area (TPSA) is 122 Å². The number of nitrogens with one attached hydrogen (secondary N) is 1. The zero-order valence-electron chi connectivity index (χ0n) is 11.7. The number of hydrogen-bond acceptors (Lipinski definition) is 5.